The van der Waals surface area contributed by atoms with Crippen LogP contribution in [0.5, 0.6) is 17.2 Å². The molecule has 0 spiro atoms. The maximum absolute atomic E-state index is 10.7. The summed E-state index contributed by atoms with van der Waals surface area (Å²) < 4.78 is 38.0. The Morgan fingerprint density at radius 1 is 0.962 bits per heavy atom. The molecule has 0 aliphatic rings. The van der Waals surface area contributed by atoms with Crippen molar-refractivity contribution in [2.45, 2.75) is 12.8 Å². The molecule has 142 valence electrons. The predicted octanol–water partition coefficient (Wildman–Crippen LogP) is 3.31. The topological polar surface area (TPSA) is 89.1 Å². The molecule has 0 bridgehead atoms. The van der Waals surface area contributed by atoms with Crippen molar-refractivity contribution < 1.29 is 23.0 Å². The quantitative estimate of drug-likeness (QED) is 0.433. The number of aryl methyl sites for hydroxylation is 1. The van der Waals surface area contributed by atoms with Gasteiger partial charge in [-0.1, -0.05) is 0 Å². The molecule has 8 heteroatoms. The minimum atomic E-state index is -2.06. The molecule has 0 aliphatic carbocycles. The first kappa shape index (κ1) is 19.9. The molecule has 1 unspecified atom stereocenters. The Bertz CT molecular complexity index is 712. The van der Waals surface area contributed by atoms with Crippen molar-refractivity contribution in [2.24, 2.45) is 0 Å². The summed E-state index contributed by atoms with van der Waals surface area (Å²) in [5.41, 5.74) is 2.64. The van der Waals surface area contributed by atoms with Crippen LogP contribution in [-0.2, 0) is 17.7 Å². The van der Waals surface area contributed by atoms with Crippen LogP contribution in [0.25, 0.3) is 0 Å². The van der Waals surface area contributed by atoms with E-state index in [4.69, 9.17) is 18.8 Å². The number of hydrogen-bond acceptors (Lipinski definition) is 5. The average Bonchev–Trinajstić information content (AvgIpc) is 2.65. The molecule has 26 heavy (non-hydrogen) atoms. The lowest BCUT2D eigenvalue weighted by Crippen LogP contribution is -2.04. The summed E-state index contributed by atoms with van der Waals surface area (Å²) in [4.78, 5) is 0. The van der Waals surface area contributed by atoms with E-state index in [0.29, 0.717) is 22.9 Å². The fourth-order valence-corrected chi connectivity index (χ4v) is 2.90. The number of hydrogen-bond donors (Lipinski definition) is 3. The zero-order valence-corrected chi connectivity index (χ0v) is 15.9. The van der Waals surface area contributed by atoms with Crippen molar-refractivity contribution in [3.8, 4) is 17.2 Å². The average molecular weight is 380 g/mol. The lowest BCUT2D eigenvalue weighted by molar-refractivity contribution is 0.324. The molecule has 1 atom stereocenters. The van der Waals surface area contributed by atoms with Crippen molar-refractivity contribution in [3.05, 3.63) is 42.0 Å². The first-order valence-electron chi connectivity index (χ1n) is 8.07. The summed E-state index contributed by atoms with van der Waals surface area (Å²) in [5.74, 6) is 1.90. The Hall–Kier alpha value is -2.45. The molecule has 0 heterocycles. The lowest BCUT2D eigenvalue weighted by atomic mass is 10.1. The van der Waals surface area contributed by atoms with Gasteiger partial charge in [-0.2, -0.15) is 0 Å². The van der Waals surface area contributed by atoms with Crippen molar-refractivity contribution in [1.82, 2.24) is 0 Å². The highest BCUT2D eigenvalue weighted by Gasteiger charge is 2.12. The number of ether oxygens (including phenoxy) is 3. The van der Waals surface area contributed by atoms with E-state index in [1.807, 2.05) is 24.3 Å². The van der Waals surface area contributed by atoms with Crippen LogP contribution in [0, 0.1) is 0 Å². The van der Waals surface area contributed by atoms with Crippen molar-refractivity contribution in [3.63, 3.8) is 0 Å². The van der Waals surface area contributed by atoms with Gasteiger partial charge in [-0.05, 0) is 54.8 Å². The number of benzene rings is 2. The Labute approximate surface area is 156 Å². The van der Waals surface area contributed by atoms with Crippen LogP contribution in [0.2, 0.25) is 0 Å². The molecule has 0 saturated heterocycles. The Morgan fingerprint density at radius 3 is 2.04 bits per heavy atom. The minimum Gasteiger partial charge on any atom is -0.493 e. The molecular formula is C18H24N2O5S. The standard InChI is InChI=1S/C18H24N2O5S/c1-23-16-11-13(12-17(24-2)18(16)25-3)5-4-10-19-14-6-8-15(9-7-14)20-26(21)22/h6-9,11-12,19-20H,4-5,10H2,1-3H3,(H,21,22). The molecule has 2 aromatic rings. The predicted molar refractivity (Wildman–Crippen MR) is 104 cm³/mol. The zero-order chi connectivity index (χ0) is 18.9. The Balaban J connectivity index is 1.88. The molecule has 3 N–H and O–H groups in total. The molecule has 0 saturated carbocycles. The Morgan fingerprint density at radius 2 is 1.54 bits per heavy atom. The van der Waals surface area contributed by atoms with Gasteiger partial charge in [-0.25, -0.2) is 4.21 Å². The highest BCUT2D eigenvalue weighted by atomic mass is 32.2. The smallest absolute Gasteiger partial charge is 0.259 e. The van der Waals surface area contributed by atoms with E-state index in [1.165, 1.54) is 0 Å². The van der Waals surface area contributed by atoms with Gasteiger partial charge in [0.05, 0.1) is 21.3 Å². The molecule has 0 aromatic heterocycles. The van der Waals surface area contributed by atoms with Gasteiger partial charge >= 0.3 is 0 Å². The van der Waals surface area contributed by atoms with E-state index >= 15 is 0 Å². The van der Waals surface area contributed by atoms with Crippen molar-refractivity contribution >= 4 is 22.6 Å². The van der Waals surface area contributed by atoms with Gasteiger partial charge < -0.3 is 19.5 Å². The number of methoxy groups -OCH3 is 3. The molecule has 0 amide bonds. The second-order valence-corrected chi connectivity index (χ2v) is 6.19. The van der Waals surface area contributed by atoms with E-state index < -0.39 is 11.3 Å². The zero-order valence-electron chi connectivity index (χ0n) is 15.1. The summed E-state index contributed by atoms with van der Waals surface area (Å²) in [6.07, 6.45) is 1.77. The maximum Gasteiger partial charge on any atom is 0.259 e. The van der Waals surface area contributed by atoms with Crippen LogP contribution in [-0.4, -0.2) is 36.6 Å². The van der Waals surface area contributed by atoms with Crippen LogP contribution < -0.4 is 24.2 Å². The summed E-state index contributed by atoms with van der Waals surface area (Å²) in [6.45, 7) is 0.787. The molecular weight excluding hydrogens is 356 g/mol. The van der Waals surface area contributed by atoms with Crippen molar-refractivity contribution in [2.75, 3.05) is 37.9 Å². The number of anilines is 2. The second kappa shape index (κ2) is 9.88. The molecule has 0 radical (unpaired) electrons. The fourth-order valence-electron chi connectivity index (χ4n) is 2.56. The van der Waals surface area contributed by atoms with Gasteiger partial charge in [0.2, 0.25) is 5.75 Å². The van der Waals surface area contributed by atoms with Gasteiger partial charge in [0.1, 0.15) is 0 Å². The van der Waals surface area contributed by atoms with Gasteiger partial charge in [0.15, 0.2) is 11.5 Å². The first-order valence-corrected chi connectivity index (χ1v) is 9.18. The number of rotatable bonds is 10. The van der Waals surface area contributed by atoms with Crippen molar-refractivity contribution in [1.29, 1.82) is 0 Å². The van der Waals surface area contributed by atoms with Crippen LogP contribution in [0.15, 0.2) is 36.4 Å². The molecule has 7 nitrogen and oxygen atoms in total. The largest absolute Gasteiger partial charge is 0.493 e. The van der Waals surface area contributed by atoms with Gasteiger partial charge in [-0.15, -0.1) is 0 Å². The van der Waals surface area contributed by atoms with E-state index in [-0.39, 0.29) is 0 Å². The molecule has 2 rings (SSSR count). The maximum atomic E-state index is 10.7. The van der Waals surface area contributed by atoms with E-state index in [2.05, 4.69) is 10.0 Å². The monoisotopic (exact) mass is 380 g/mol. The van der Waals surface area contributed by atoms with Crippen LogP contribution in [0.4, 0.5) is 11.4 Å². The van der Waals surface area contributed by atoms with E-state index in [0.717, 1.165) is 30.6 Å². The van der Waals surface area contributed by atoms with Gasteiger partial charge in [0.25, 0.3) is 11.3 Å². The van der Waals surface area contributed by atoms with Crippen LogP contribution in [0.1, 0.15) is 12.0 Å². The van der Waals surface area contributed by atoms with E-state index in [1.54, 1.807) is 33.5 Å². The minimum absolute atomic E-state index is 0.591. The van der Waals surface area contributed by atoms with Crippen LogP contribution in [0.3, 0.4) is 0 Å². The summed E-state index contributed by atoms with van der Waals surface area (Å²) >= 11 is -2.06. The third-order valence-corrected chi connectivity index (χ3v) is 4.20. The fraction of sp³-hybridized carbons (Fsp3) is 0.333. The first-order chi connectivity index (χ1) is 12.6. The summed E-state index contributed by atoms with van der Waals surface area (Å²) in [6, 6.07) is 11.1. The van der Waals surface area contributed by atoms with E-state index in [9.17, 15) is 4.21 Å². The van der Waals surface area contributed by atoms with Gasteiger partial charge in [-0.3, -0.25) is 9.27 Å². The molecule has 0 aliphatic heterocycles. The highest BCUT2D eigenvalue weighted by molar-refractivity contribution is 7.80. The second-order valence-electron chi connectivity index (χ2n) is 5.49. The Kier molecular flexibility index (Phi) is 7.55. The molecule has 2 aromatic carbocycles. The third-order valence-electron chi connectivity index (χ3n) is 3.79. The molecule has 0 fully saturated rings. The van der Waals surface area contributed by atoms with Gasteiger partial charge in [0, 0.05) is 17.9 Å². The highest BCUT2D eigenvalue weighted by Crippen LogP contribution is 2.38. The SMILES string of the molecule is COc1cc(CCCNc2ccc(NS(=O)O)cc2)cc(OC)c1OC. The summed E-state index contributed by atoms with van der Waals surface area (Å²) in [7, 11) is 4.80. The normalized spacial score (nSPS) is 11.5. The summed E-state index contributed by atoms with van der Waals surface area (Å²) in [5, 5.41) is 3.32. The third kappa shape index (κ3) is 5.53. The lowest BCUT2D eigenvalue weighted by Gasteiger charge is -2.14. The van der Waals surface area contributed by atoms with Crippen LogP contribution >= 0.6 is 0 Å². The number of nitrogens with one attached hydrogen (secondary N) is 2.